The van der Waals surface area contributed by atoms with E-state index in [1.165, 1.54) is 25.7 Å². The van der Waals surface area contributed by atoms with Crippen molar-refractivity contribution in [3.63, 3.8) is 0 Å². The fourth-order valence-electron chi connectivity index (χ4n) is 5.03. The Labute approximate surface area is 145 Å². The first-order valence-electron chi connectivity index (χ1n) is 9.54. The van der Waals surface area contributed by atoms with Gasteiger partial charge in [0.15, 0.2) is 0 Å². The monoisotopic (exact) mass is 327 g/mol. The molecule has 4 heteroatoms. The van der Waals surface area contributed by atoms with Gasteiger partial charge in [-0.05, 0) is 43.7 Å². The lowest BCUT2D eigenvalue weighted by molar-refractivity contribution is -0.125. The smallest absolute Gasteiger partial charge is 0.247 e. The molecule has 4 rings (SSSR count). The van der Waals surface area contributed by atoms with Crippen LogP contribution in [-0.4, -0.2) is 42.1 Å². The number of nitrogens with one attached hydrogen (secondary N) is 1. The van der Waals surface area contributed by atoms with E-state index in [-0.39, 0.29) is 11.4 Å². The second kappa shape index (κ2) is 6.40. The van der Waals surface area contributed by atoms with Crippen LogP contribution in [0.25, 0.3) is 0 Å². The number of nitrogens with zero attached hydrogens (tertiary/aromatic N) is 2. The molecular formula is C20H29N3O. The SMILES string of the molecule is C[C@@H]1CCC[C@H](N2CCC3(CC2)C(=O)NCN3c2ccccc2)C1. The minimum absolute atomic E-state index is 0.225. The summed E-state index contributed by atoms with van der Waals surface area (Å²) >= 11 is 0. The third-order valence-electron chi connectivity index (χ3n) is 6.46. The maximum Gasteiger partial charge on any atom is 0.247 e. The highest BCUT2D eigenvalue weighted by Crippen LogP contribution is 2.38. The van der Waals surface area contributed by atoms with Crippen LogP contribution in [0.2, 0.25) is 0 Å². The number of carbonyl (C=O) groups is 1. The third kappa shape index (κ3) is 2.71. The van der Waals surface area contributed by atoms with Crippen molar-refractivity contribution in [1.82, 2.24) is 10.2 Å². The predicted octanol–water partition coefficient (Wildman–Crippen LogP) is 2.99. The lowest BCUT2D eigenvalue weighted by Gasteiger charge is -2.46. The lowest BCUT2D eigenvalue weighted by Crippen LogP contribution is -2.58. The van der Waals surface area contributed by atoms with Crippen molar-refractivity contribution in [3.05, 3.63) is 30.3 Å². The number of likely N-dealkylation sites (tertiary alicyclic amines) is 1. The molecule has 0 bridgehead atoms. The maximum absolute atomic E-state index is 12.7. The van der Waals surface area contributed by atoms with Crippen LogP contribution in [0.3, 0.4) is 0 Å². The summed E-state index contributed by atoms with van der Waals surface area (Å²) in [5.41, 5.74) is 0.827. The fraction of sp³-hybridized carbons (Fsp3) is 0.650. The molecular weight excluding hydrogens is 298 g/mol. The van der Waals surface area contributed by atoms with Gasteiger partial charge in [0.2, 0.25) is 5.91 Å². The molecule has 1 spiro atoms. The molecule has 1 saturated carbocycles. The van der Waals surface area contributed by atoms with Crippen molar-refractivity contribution >= 4 is 11.6 Å². The number of rotatable bonds is 2. The molecule has 1 amide bonds. The molecule has 1 aromatic rings. The van der Waals surface area contributed by atoms with Crippen LogP contribution in [0, 0.1) is 5.92 Å². The molecule has 2 heterocycles. The Morgan fingerprint density at radius 3 is 2.58 bits per heavy atom. The zero-order valence-electron chi connectivity index (χ0n) is 14.7. The van der Waals surface area contributed by atoms with E-state index < -0.39 is 0 Å². The van der Waals surface area contributed by atoms with E-state index in [1.54, 1.807) is 0 Å². The van der Waals surface area contributed by atoms with Gasteiger partial charge in [-0.15, -0.1) is 0 Å². The fourth-order valence-corrected chi connectivity index (χ4v) is 5.03. The molecule has 0 unspecified atom stereocenters. The molecule has 1 N–H and O–H groups in total. The van der Waals surface area contributed by atoms with Crippen molar-refractivity contribution in [1.29, 1.82) is 0 Å². The molecule has 3 fully saturated rings. The zero-order valence-corrected chi connectivity index (χ0v) is 14.7. The number of benzene rings is 1. The molecule has 2 saturated heterocycles. The van der Waals surface area contributed by atoms with Gasteiger partial charge in [-0.25, -0.2) is 0 Å². The Balaban J connectivity index is 1.49. The third-order valence-corrected chi connectivity index (χ3v) is 6.46. The summed E-state index contributed by atoms with van der Waals surface area (Å²) in [6.45, 7) is 5.13. The molecule has 1 aliphatic carbocycles. The number of hydrogen-bond acceptors (Lipinski definition) is 3. The van der Waals surface area contributed by atoms with Gasteiger partial charge in [0, 0.05) is 24.8 Å². The van der Waals surface area contributed by atoms with Crippen LogP contribution in [0.4, 0.5) is 5.69 Å². The molecule has 2 aliphatic heterocycles. The summed E-state index contributed by atoms with van der Waals surface area (Å²) in [7, 11) is 0. The highest BCUT2D eigenvalue weighted by atomic mass is 16.2. The Bertz CT molecular complexity index is 580. The summed E-state index contributed by atoms with van der Waals surface area (Å²) in [6.07, 6.45) is 7.31. The van der Waals surface area contributed by atoms with Crippen LogP contribution < -0.4 is 10.2 Å². The number of amides is 1. The van der Waals surface area contributed by atoms with Gasteiger partial charge in [-0.3, -0.25) is 4.79 Å². The van der Waals surface area contributed by atoms with Crippen molar-refractivity contribution in [2.24, 2.45) is 5.92 Å². The zero-order chi connectivity index (χ0) is 16.6. The van der Waals surface area contributed by atoms with Crippen molar-refractivity contribution < 1.29 is 4.79 Å². The van der Waals surface area contributed by atoms with E-state index in [0.29, 0.717) is 6.67 Å². The minimum atomic E-state index is -0.335. The van der Waals surface area contributed by atoms with E-state index in [1.807, 2.05) is 6.07 Å². The van der Waals surface area contributed by atoms with Crippen LogP contribution in [0.15, 0.2) is 30.3 Å². The Kier molecular flexibility index (Phi) is 4.25. The summed E-state index contributed by atoms with van der Waals surface area (Å²) in [6, 6.07) is 11.1. The summed E-state index contributed by atoms with van der Waals surface area (Å²) in [5, 5.41) is 3.10. The van der Waals surface area contributed by atoms with Gasteiger partial charge in [-0.1, -0.05) is 38.0 Å². The van der Waals surface area contributed by atoms with E-state index in [0.717, 1.165) is 43.6 Å². The highest BCUT2D eigenvalue weighted by Gasteiger charge is 2.50. The van der Waals surface area contributed by atoms with Crippen LogP contribution >= 0.6 is 0 Å². The second-order valence-corrected chi connectivity index (χ2v) is 7.92. The maximum atomic E-state index is 12.7. The highest BCUT2D eigenvalue weighted by molar-refractivity contribution is 5.93. The van der Waals surface area contributed by atoms with Crippen molar-refractivity contribution in [3.8, 4) is 0 Å². The first-order chi connectivity index (χ1) is 11.7. The molecule has 0 aromatic heterocycles. The average molecular weight is 327 g/mol. The van der Waals surface area contributed by atoms with Crippen molar-refractivity contribution in [2.45, 2.75) is 57.0 Å². The summed E-state index contributed by atoms with van der Waals surface area (Å²) in [4.78, 5) is 17.7. The van der Waals surface area contributed by atoms with Gasteiger partial charge in [0.1, 0.15) is 5.54 Å². The summed E-state index contributed by atoms with van der Waals surface area (Å²) < 4.78 is 0. The van der Waals surface area contributed by atoms with Crippen molar-refractivity contribution in [2.75, 3.05) is 24.7 Å². The predicted molar refractivity (Wildman–Crippen MR) is 96.9 cm³/mol. The number of hydrogen-bond donors (Lipinski definition) is 1. The Hall–Kier alpha value is -1.55. The largest absolute Gasteiger partial charge is 0.339 e. The number of piperidine rings is 1. The second-order valence-electron chi connectivity index (χ2n) is 7.92. The van der Waals surface area contributed by atoms with E-state index in [2.05, 4.69) is 46.3 Å². The molecule has 4 nitrogen and oxygen atoms in total. The molecule has 2 atom stereocenters. The van der Waals surface area contributed by atoms with Gasteiger partial charge in [-0.2, -0.15) is 0 Å². The minimum Gasteiger partial charge on any atom is -0.339 e. The van der Waals surface area contributed by atoms with Gasteiger partial charge >= 0.3 is 0 Å². The normalized spacial score (nSPS) is 30.5. The Morgan fingerprint density at radius 2 is 1.88 bits per heavy atom. The number of anilines is 1. The van der Waals surface area contributed by atoms with Gasteiger partial charge in [0.25, 0.3) is 0 Å². The Morgan fingerprint density at radius 1 is 1.12 bits per heavy atom. The molecule has 1 aromatic carbocycles. The van der Waals surface area contributed by atoms with Gasteiger partial charge in [0.05, 0.1) is 6.67 Å². The number of carbonyl (C=O) groups excluding carboxylic acids is 1. The molecule has 130 valence electrons. The lowest BCUT2D eigenvalue weighted by atomic mass is 9.81. The first-order valence-corrected chi connectivity index (χ1v) is 9.54. The molecule has 24 heavy (non-hydrogen) atoms. The molecule has 3 aliphatic rings. The first kappa shape index (κ1) is 15.9. The summed E-state index contributed by atoms with van der Waals surface area (Å²) in [5.74, 6) is 1.08. The van der Waals surface area contributed by atoms with Crippen LogP contribution in [0.1, 0.15) is 45.4 Å². The van der Waals surface area contributed by atoms with Crippen LogP contribution in [-0.2, 0) is 4.79 Å². The quantitative estimate of drug-likeness (QED) is 0.907. The topological polar surface area (TPSA) is 35.6 Å². The van der Waals surface area contributed by atoms with E-state index in [4.69, 9.17) is 0 Å². The molecule has 0 radical (unpaired) electrons. The van der Waals surface area contributed by atoms with E-state index >= 15 is 0 Å². The average Bonchev–Trinajstić information content (AvgIpc) is 2.93. The number of para-hydroxylation sites is 1. The van der Waals surface area contributed by atoms with E-state index in [9.17, 15) is 4.79 Å². The standard InChI is InChI=1S/C20H29N3O/c1-16-6-5-9-18(14-16)22-12-10-20(11-13-22)19(24)21-15-23(20)17-7-3-2-4-8-17/h2-4,7-8,16,18H,5-6,9-15H2,1H3,(H,21,24)/t16-,18+/m1/s1. The van der Waals surface area contributed by atoms with Gasteiger partial charge < -0.3 is 15.1 Å². The van der Waals surface area contributed by atoms with Crippen LogP contribution in [0.5, 0.6) is 0 Å².